The van der Waals surface area contributed by atoms with Crippen LogP contribution in [-0.2, 0) is 25.9 Å². The molecule has 2 aliphatic rings. The smallest absolute Gasteiger partial charge is 0.415 e. The summed E-state index contributed by atoms with van der Waals surface area (Å²) in [5.74, 6) is 0.184. The van der Waals surface area contributed by atoms with Gasteiger partial charge in [-0.05, 0) is 97.5 Å². The van der Waals surface area contributed by atoms with E-state index in [1.54, 1.807) is 36.2 Å². The van der Waals surface area contributed by atoms with Crippen LogP contribution in [0.4, 0.5) is 10.5 Å². The van der Waals surface area contributed by atoms with Gasteiger partial charge in [-0.15, -0.1) is 11.3 Å². The summed E-state index contributed by atoms with van der Waals surface area (Å²) in [7, 11) is 1.67. The molecule has 0 radical (unpaired) electrons. The Morgan fingerprint density at radius 2 is 1.61 bits per heavy atom. The Balaban J connectivity index is 1.25. The van der Waals surface area contributed by atoms with Crippen molar-refractivity contribution in [2.45, 2.75) is 45.8 Å². The molecule has 2 aliphatic heterocycles. The summed E-state index contributed by atoms with van der Waals surface area (Å²) in [5, 5.41) is 10.0. The first-order chi connectivity index (χ1) is 23.7. The number of anilines is 1. The van der Waals surface area contributed by atoms with Crippen LogP contribution in [0.15, 0.2) is 91.0 Å². The van der Waals surface area contributed by atoms with Crippen LogP contribution < -0.4 is 9.64 Å². The van der Waals surface area contributed by atoms with Gasteiger partial charge in [0.25, 0.3) is 11.8 Å². The molecule has 1 aromatic heterocycles. The van der Waals surface area contributed by atoms with Crippen LogP contribution in [0.5, 0.6) is 11.5 Å². The molecular weight excluding hydrogens is 637 g/mol. The van der Waals surface area contributed by atoms with Gasteiger partial charge in [-0.3, -0.25) is 9.59 Å². The topological polar surface area (TPSA) is 103 Å². The molecular formula is C39H36N4O5S. The van der Waals surface area contributed by atoms with Gasteiger partial charge in [0.2, 0.25) is 0 Å². The van der Waals surface area contributed by atoms with E-state index in [1.165, 1.54) is 33.9 Å². The molecule has 9 nitrogen and oxygen atoms in total. The first-order valence-electron chi connectivity index (χ1n) is 16.3. The Bertz CT molecular complexity index is 2060. The van der Waals surface area contributed by atoms with E-state index in [0.29, 0.717) is 59.3 Å². The van der Waals surface area contributed by atoms with Crippen LogP contribution in [0.2, 0.25) is 0 Å². The van der Waals surface area contributed by atoms with E-state index in [9.17, 15) is 19.5 Å². The Labute approximate surface area is 289 Å². The Hall–Kier alpha value is -5.48. The van der Waals surface area contributed by atoms with Gasteiger partial charge in [-0.25, -0.2) is 9.78 Å². The zero-order chi connectivity index (χ0) is 34.2. The number of carbonyl (C=O) groups excluding carboxylic acids is 3. The molecule has 0 saturated carbocycles. The fourth-order valence-electron chi connectivity index (χ4n) is 6.57. The number of benzene rings is 4. The molecule has 49 heavy (non-hydrogen) atoms. The number of phenols is 1. The van der Waals surface area contributed by atoms with Gasteiger partial charge in [0, 0.05) is 54.4 Å². The first kappa shape index (κ1) is 32.1. The molecule has 1 atom stereocenters. The fraction of sp³-hybridized carbons (Fsp3) is 0.231. The normalized spacial score (nSPS) is 15.3. The molecule has 3 heterocycles. The van der Waals surface area contributed by atoms with Gasteiger partial charge < -0.3 is 24.5 Å². The van der Waals surface area contributed by atoms with E-state index >= 15 is 0 Å². The minimum absolute atomic E-state index is 0.0312. The largest absolute Gasteiger partial charge is 0.508 e. The van der Waals surface area contributed by atoms with Crippen molar-refractivity contribution < 1.29 is 24.2 Å². The summed E-state index contributed by atoms with van der Waals surface area (Å²) in [4.78, 5) is 52.1. The van der Waals surface area contributed by atoms with Gasteiger partial charge >= 0.3 is 6.09 Å². The number of aromatic hydroxyl groups is 1. The van der Waals surface area contributed by atoms with Crippen LogP contribution in [0.3, 0.4) is 0 Å². The number of para-hydroxylation sites is 1. The van der Waals surface area contributed by atoms with Crippen molar-refractivity contribution in [1.29, 1.82) is 0 Å². The SMILES string of the molecule is Cc1sc(C(=O)N(C)c2ccc(O)cc2)nc1-c1cc2c(cc1C(=O)N1Cc3ccccc3C[C@H]1C)CN(C(=O)Oc1ccccc1)CC2. The highest BCUT2D eigenvalue weighted by Gasteiger charge is 2.32. The van der Waals surface area contributed by atoms with E-state index in [4.69, 9.17) is 9.72 Å². The monoisotopic (exact) mass is 672 g/mol. The van der Waals surface area contributed by atoms with Crippen LogP contribution in [0.25, 0.3) is 11.3 Å². The lowest BCUT2D eigenvalue weighted by atomic mass is 9.90. The molecule has 4 aromatic carbocycles. The highest BCUT2D eigenvalue weighted by atomic mass is 32.1. The summed E-state index contributed by atoms with van der Waals surface area (Å²) in [6.07, 6.45) is 0.887. The zero-order valence-corrected chi connectivity index (χ0v) is 28.4. The van der Waals surface area contributed by atoms with Crippen molar-refractivity contribution in [3.05, 3.63) is 129 Å². The van der Waals surface area contributed by atoms with Crippen molar-refractivity contribution in [2.24, 2.45) is 0 Å². The Morgan fingerprint density at radius 3 is 2.37 bits per heavy atom. The number of phenolic OH excluding ortho intramolecular Hbond substituents is 1. The number of ether oxygens (including phenoxy) is 1. The molecule has 0 saturated heterocycles. The van der Waals surface area contributed by atoms with Crippen molar-refractivity contribution in [3.63, 3.8) is 0 Å². The molecule has 5 aromatic rings. The van der Waals surface area contributed by atoms with Crippen molar-refractivity contribution in [2.75, 3.05) is 18.5 Å². The van der Waals surface area contributed by atoms with Gasteiger partial charge in [-0.2, -0.15) is 0 Å². The highest BCUT2D eigenvalue weighted by Crippen LogP contribution is 2.37. The molecule has 0 unspecified atom stereocenters. The third-order valence-corrected chi connectivity index (χ3v) is 10.3. The van der Waals surface area contributed by atoms with E-state index < -0.39 is 6.09 Å². The van der Waals surface area contributed by atoms with Gasteiger partial charge in [0.05, 0.1) is 5.69 Å². The van der Waals surface area contributed by atoms with Gasteiger partial charge in [0.15, 0.2) is 5.01 Å². The number of hydrogen-bond acceptors (Lipinski definition) is 7. The third kappa shape index (κ3) is 6.39. The molecule has 0 aliphatic carbocycles. The average Bonchev–Trinajstić information content (AvgIpc) is 3.51. The molecule has 0 fully saturated rings. The second-order valence-corrected chi connectivity index (χ2v) is 13.8. The maximum atomic E-state index is 14.6. The Kier molecular flexibility index (Phi) is 8.64. The summed E-state index contributed by atoms with van der Waals surface area (Å²) in [6, 6.07) is 27.5. The second kappa shape index (κ2) is 13.2. The number of rotatable bonds is 5. The predicted octanol–water partition coefficient (Wildman–Crippen LogP) is 7.24. The summed E-state index contributed by atoms with van der Waals surface area (Å²) in [6.45, 7) is 5.23. The lowest BCUT2D eigenvalue weighted by Crippen LogP contribution is -2.43. The first-order valence-corrected chi connectivity index (χ1v) is 17.1. The molecule has 3 amide bonds. The van der Waals surface area contributed by atoms with Crippen molar-refractivity contribution in [1.82, 2.24) is 14.8 Å². The number of fused-ring (bicyclic) bond motifs is 2. The minimum Gasteiger partial charge on any atom is -0.508 e. The lowest BCUT2D eigenvalue weighted by molar-refractivity contribution is 0.0658. The molecule has 1 N–H and O–H groups in total. The predicted molar refractivity (Wildman–Crippen MR) is 189 cm³/mol. The van der Waals surface area contributed by atoms with Gasteiger partial charge in [0.1, 0.15) is 11.5 Å². The van der Waals surface area contributed by atoms with E-state index in [1.807, 2.05) is 54.3 Å². The van der Waals surface area contributed by atoms with Crippen LogP contribution in [0.1, 0.15) is 54.2 Å². The average molecular weight is 673 g/mol. The fourth-order valence-corrected chi connectivity index (χ4v) is 7.48. The Morgan fingerprint density at radius 1 is 0.898 bits per heavy atom. The van der Waals surface area contributed by atoms with E-state index in [2.05, 4.69) is 19.1 Å². The van der Waals surface area contributed by atoms with Crippen molar-refractivity contribution in [3.8, 4) is 22.8 Å². The third-order valence-electron chi connectivity index (χ3n) is 9.33. The van der Waals surface area contributed by atoms with Crippen LogP contribution >= 0.6 is 11.3 Å². The van der Waals surface area contributed by atoms with E-state index in [0.717, 1.165) is 28.0 Å². The molecule has 10 heteroatoms. The summed E-state index contributed by atoms with van der Waals surface area (Å²) < 4.78 is 5.64. The molecule has 7 rings (SSSR count). The number of aryl methyl sites for hydroxylation is 1. The van der Waals surface area contributed by atoms with Crippen LogP contribution in [-0.4, -0.2) is 57.4 Å². The number of amides is 3. The maximum absolute atomic E-state index is 14.6. The number of thiazole rings is 1. The zero-order valence-electron chi connectivity index (χ0n) is 27.6. The van der Waals surface area contributed by atoms with Crippen molar-refractivity contribution >= 4 is 34.9 Å². The summed E-state index contributed by atoms with van der Waals surface area (Å²) >= 11 is 1.29. The van der Waals surface area contributed by atoms with Crippen LogP contribution in [0, 0.1) is 6.92 Å². The highest BCUT2D eigenvalue weighted by molar-refractivity contribution is 7.14. The minimum atomic E-state index is -0.439. The summed E-state index contributed by atoms with van der Waals surface area (Å²) in [5.41, 5.74) is 6.65. The van der Waals surface area contributed by atoms with E-state index in [-0.39, 0.29) is 23.6 Å². The second-order valence-electron chi connectivity index (χ2n) is 12.6. The number of aromatic nitrogens is 1. The number of carbonyl (C=O) groups is 3. The number of hydrogen-bond donors (Lipinski definition) is 1. The molecule has 0 bridgehead atoms. The molecule has 248 valence electrons. The molecule has 0 spiro atoms. The standard InChI is InChI=1S/C39H36N4O5S/c1-24-19-26-9-7-8-10-28(26)23-43(24)37(45)34-21-29-22-42(39(47)48-32-11-5-4-6-12-32)18-17-27(29)20-33(34)35-25(2)49-36(40-35)38(46)41(3)30-13-15-31(44)16-14-30/h4-16,20-21,24,44H,17-19,22-23H2,1-3H3/t24-/m1/s1. The number of nitrogens with zero attached hydrogens (tertiary/aromatic N) is 4. The quantitative estimate of drug-likeness (QED) is 0.211. The van der Waals surface area contributed by atoms with Gasteiger partial charge in [-0.1, -0.05) is 42.5 Å². The lowest BCUT2D eigenvalue weighted by Gasteiger charge is -2.36. The maximum Gasteiger partial charge on any atom is 0.415 e.